The molecule has 0 fully saturated rings. The van der Waals surface area contributed by atoms with E-state index in [1.54, 1.807) is 0 Å². The molecule has 0 spiro atoms. The van der Waals surface area contributed by atoms with Gasteiger partial charge in [0.15, 0.2) is 0 Å². The zero-order valence-corrected chi connectivity index (χ0v) is 39.0. The second-order valence-electron chi connectivity index (χ2n) is 15.9. The number of allylic oxidation sites excluding steroid dienone is 20. The molecule has 1 amide bonds. The molecule has 3 N–H and O–H groups in total. The van der Waals surface area contributed by atoms with E-state index in [9.17, 15) is 19.8 Å². The lowest BCUT2D eigenvalue weighted by atomic mass is 10.0. The van der Waals surface area contributed by atoms with Gasteiger partial charge in [-0.15, -0.1) is 0 Å². The molecular formula is C55H89NO5. The van der Waals surface area contributed by atoms with Crippen molar-refractivity contribution in [1.29, 1.82) is 0 Å². The van der Waals surface area contributed by atoms with Crippen LogP contribution in [0.1, 0.15) is 188 Å². The van der Waals surface area contributed by atoms with Gasteiger partial charge in [0, 0.05) is 6.42 Å². The summed E-state index contributed by atoms with van der Waals surface area (Å²) < 4.78 is 5.85. The van der Waals surface area contributed by atoms with E-state index < -0.39 is 18.2 Å². The van der Waals surface area contributed by atoms with Crippen LogP contribution in [0, 0.1) is 0 Å². The van der Waals surface area contributed by atoms with Gasteiger partial charge >= 0.3 is 5.97 Å². The lowest BCUT2D eigenvalue weighted by Gasteiger charge is -2.24. The number of esters is 1. The first-order valence-corrected chi connectivity index (χ1v) is 24.3. The highest BCUT2D eigenvalue weighted by Crippen LogP contribution is 2.16. The molecule has 0 saturated carbocycles. The Morgan fingerprint density at radius 1 is 0.508 bits per heavy atom. The molecule has 0 aromatic carbocycles. The van der Waals surface area contributed by atoms with Crippen molar-refractivity contribution in [2.24, 2.45) is 0 Å². The second kappa shape index (κ2) is 47.3. The van der Waals surface area contributed by atoms with E-state index in [0.29, 0.717) is 19.3 Å². The molecule has 3 unspecified atom stereocenters. The number of ether oxygens (including phenoxy) is 1. The minimum atomic E-state index is -0.822. The van der Waals surface area contributed by atoms with Gasteiger partial charge in [-0.25, -0.2) is 0 Å². The Hall–Kier alpha value is -3.74. The lowest BCUT2D eigenvalue weighted by Crippen LogP contribution is -2.46. The maximum atomic E-state index is 13.2. The number of unbranched alkanes of at least 4 members (excludes halogenated alkanes) is 13. The van der Waals surface area contributed by atoms with Crippen molar-refractivity contribution in [3.8, 4) is 0 Å². The molecule has 0 aliphatic heterocycles. The SMILES string of the molecule is CC/C=C\C/C=C\C/C=C\C/C=C\C/C=C\CCCC(CC(=O)NC(CO)C(O)CCCCCCCCCCCCCC)OC(=O)CCC/C=C/C=C\C=C/C=C/C=C/CC. The van der Waals surface area contributed by atoms with Crippen LogP contribution in [0.2, 0.25) is 0 Å². The number of amides is 1. The molecular weight excluding hydrogens is 755 g/mol. The van der Waals surface area contributed by atoms with Crippen LogP contribution in [0.15, 0.2) is 122 Å². The normalized spacial score (nSPS) is 14.4. The molecule has 0 aliphatic carbocycles. The summed E-state index contributed by atoms with van der Waals surface area (Å²) in [5, 5.41) is 23.7. The van der Waals surface area contributed by atoms with E-state index in [-0.39, 0.29) is 31.3 Å². The minimum absolute atomic E-state index is 0.00151. The second-order valence-corrected chi connectivity index (χ2v) is 15.9. The van der Waals surface area contributed by atoms with E-state index in [4.69, 9.17) is 4.74 Å². The van der Waals surface area contributed by atoms with E-state index in [1.165, 1.54) is 57.8 Å². The van der Waals surface area contributed by atoms with Crippen molar-refractivity contribution >= 4 is 11.9 Å². The highest BCUT2D eigenvalue weighted by molar-refractivity contribution is 5.77. The van der Waals surface area contributed by atoms with Gasteiger partial charge in [-0.2, -0.15) is 0 Å². The third kappa shape index (κ3) is 42.7. The molecule has 6 nitrogen and oxygen atoms in total. The van der Waals surface area contributed by atoms with E-state index >= 15 is 0 Å². The number of aliphatic hydroxyl groups is 2. The van der Waals surface area contributed by atoms with Crippen molar-refractivity contribution in [1.82, 2.24) is 5.32 Å². The van der Waals surface area contributed by atoms with Crippen LogP contribution >= 0.6 is 0 Å². The summed E-state index contributed by atoms with van der Waals surface area (Å²) in [6.07, 6.45) is 65.5. The minimum Gasteiger partial charge on any atom is -0.462 e. The number of carbonyl (C=O) groups excluding carboxylic acids is 2. The molecule has 61 heavy (non-hydrogen) atoms. The predicted octanol–water partition coefficient (Wildman–Crippen LogP) is 14.5. The molecule has 0 radical (unpaired) electrons. The zero-order chi connectivity index (χ0) is 44.5. The van der Waals surface area contributed by atoms with Crippen molar-refractivity contribution in [2.75, 3.05) is 6.61 Å². The fourth-order valence-electron chi connectivity index (χ4n) is 6.55. The number of hydrogen-bond donors (Lipinski definition) is 3. The maximum Gasteiger partial charge on any atom is 0.306 e. The Kier molecular flexibility index (Phi) is 44.4. The number of nitrogens with one attached hydrogen (secondary N) is 1. The van der Waals surface area contributed by atoms with E-state index in [0.717, 1.165) is 77.0 Å². The highest BCUT2D eigenvalue weighted by atomic mass is 16.5. The van der Waals surface area contributed by atoms with E-state index in [1.807, 2.05) is 54.7 Å². The van der Waals surface area contributed by atoms with Gasteiger partial charge in [0.05, 0.1) is 25.2 Å². The number of carbonyl (C=O) groups is 2. The van der Waals surface area contributed by atoms with Crippen LogP contribution in [0.3, 0.4) is 0 Å². The third-order valence-electron chi connectivity index (χ3n) is 10.2. The zero-order valence-electron chi connectivity index (χ0n) is 39.0. The van der Waals surface area contributed by atoms with Crippen molar-refractivity contribution in [3.63, 3.8) is 0 Å². The summed E-state index contributed by atoms with van der Waals surface area (Å²) >= 11 is 0. The van der Waals surface area contributed by atoms with Crippen molar-refractivity contribution < 1.29 is 24.5 Å². The van der Waals surface area contributed by atoms with Gasteiger partial charge in [0.25, 0.3) is 0 Å². The maximum absolute atomic E-state index is 13.2. The molecule has 0 saturated heterocycles. The average Bonchev–Trinajstić information content (AvgIpc) is 3.25. The van der Waals surface area contributed by atoms with Gasteiger partial charge in [-0.1, -0.05) is 219 Å². The van der Waals surface area contributed by atoms with Crippen molar-refractivity contribution in [2.45, 2.75) is 206 Å². The van der Waals surface area contributed by atoms with E-state index in [2.05, 4.69) is 92.9 Å². The number of aliphatic hydroxyl groups excluding tert-OH is 2. The fraction of sp³-hybridized carbons (Fsp3) is 0.600. The Bertz CT molecular complexity index is 1310. The summed E-state index contributed by atoms with van der Waals surface area (Å²) in [6.45, 7) is 6.16. The number of hydrogen-bond acceptors (Lipinski definition) is 5. The first kappa shape index (κ1) is 57.3. The summed E-state index contributed by atoms with van der Waals surface area (Å²) in [5.74, 6) is -0.633. The molecule has 6 heteroatoms. The topological polar surface area (TPSA) is 95.9 Å². The lowest BCUT2D eigenvalue weighted by molar-refractivity contribution is -0.151. The largest absolute Gasteiger partial charge is 0.462 e. The van der Waals surface area contributed by atoms with Gasteiger partial charge in [0.2, 0.25) is 5.91 Å². The Labute approximate surface area is 374 Å². The molecule has 3 atom stereocenters. The summed E-state index contributed by atoms with van der Waals surface area (Å²) in [7, 11) is 0. The third-order valence-corrected chi connectivity index (χ3v) is 10.2. The van der Waals surface area contributed by atoms with Crippen LogP contribution in [0.4, 0.5) is 0 Å². The van der Waals surface area contributed by atoms with Crippen LogP contribution < -0.4 is 5.32 Å². The van der Waals surface area contributed by atoms with Crippen LogP contribution in [0.5, 0.6) is 0 Å². The van der Waals surface area contributed by atoms with Crippen LogP contribution in [-0.4, -0.2) is 46.9 Å². The Morgan fingerprint density at radius 3 is 1.49 bits per heavy atom. The average molecular weight is 844 g/mol. The molecule has 0 aliphatic rings. The van der Waals surface area contributed by atoms with Crippen LogP contribution in [-0.2, 0) is 14.3 Å². The summed E-state index contributed by atoms with van der Waals surface area (Å²) in [6, 6.07) is -0.742. The first-order valence-electron chi connectivity index (χ1n) is 24.3. The number of rotatable bonds is 41. The fourth-order valence-corrected chi connectivity index (χ4v) is 6.55. The standard InChI is InChI=1S/C55H89NO5/c1-4-7-10-13-16-19-22-25-26-27-28-30-31-34-37-40-43-46-51(61-55(60)48-45-42-39-36-33-29-23-20-17-14-11-8-5-2)49-54(59)56-52(50-57)53(58)47-44-41-38-35-32-24-21-18-15-12-9-6-3/h7-8,10-11,14,16-17,19-20,23,25-26,28-30,33-34,36-37,39,51-53,57-58H,4-6,9,12-13,15,18,21-22,24,27,31-32,35,38,40-50H2,1-3H3,(H,56,59)/b10-7-,11-8+,17-14+,19-16-,23-20-,26-25-,30-28-,33-29-,37-34-,39-36+. The molecule has 0 aromatic heterocycles. The monoisotopic (exact) mass is 844 g/mol. The van der Waals surface area contributed by atoms with Crippen molar-refractivity contribution in [3.05, 3.63) is 122 Å². The molecule has 0 heterocycles. The van der Waals surface area contributed by atoms with Gasteiger partial charge in [-0.05, 0) is 77.0 Å². The summed E-state index contributed by atoms with van der Waals surface area (Å²) in [5.41, 5.74) is 0. The molecule has 0 rings (SSSR count). The van der Waals surface area contributed by atoms with Gasteiger partial charge in [-0.3, -0.25) is 9.59 Å². The highest BCUT2D eigenvalue weighted by Gasteiger charge is 2.23. The van der Waals surface area contributed by atoms with Gasteiger partial charge in [0.1, 0.15) is 6.10 Å². The predicted molar refractivity (Wildman–Crippen MR) is 263 cm³/mol. The summed E-state index contributed by atoms with van der Waals surface area (Å²) in [4.78, 5) is 26.0. The van der Waals surface area contributed by atoms with Crippen LogP contribution in [0.25, 0.3) is 0 Å². The Balaban J connectivity index is 4.86. The molecule has 0 aromatic rings. The quantitative estimate of drug-likeness (QED) is 0.0247. The Morgan fingerprint density at radius 2 is 0.967 bits per heavy atom. The first-order chi connectivity index (χ1) is 30.0. The van der Waals surface area contributed by atoms with Gasteiger partial charge < -0.3 is 20.3 Å². The molecule has 0 bridgehead atoms. The molecule has 344 valence electrons. The smallest absolute Gasteiger partial charge is 0.306 e.